The SMILES string of the molecule is C[B-](C)(C)C.[NH4+]. The van der Waals surface area contributed by atoms with Gasteiger partial charge in [-0.15, -0.1) is 0 Å². The molecule has 0 saturated carbocycles. The normalized spacial score (nSPS) is 10.0. The van der Waals surface area contributed by atoms with Crippen molar-refractivity contribution < 1.29 is 0 Å². The van der Waals surface area contributed by atoms with Gasteiger partial charge in [-0.1, -0.05) is 0 Å². The molecular weight excluding hydrogens is 72.9 g/mol. The average Bonchev–Trinajstić information content (AvgIpc) is 0.722. The molecule has 0 rings (SSSR count). The van der Waals surface area contributed by atoms with Crippen molar-refractivity contribution in [3.05, 3.63) is 0 Å². The smallest absolute Gasteiger partial charge is 0.0116 e. The largest absolute Gasteiger partial charge is 0.369 e. The number of quaternary nitrogens is 1. The molecule has 0 aliphatic heterocycles. The van der Waals surface area contributed by atoms with Crippen LogP contribution in [0.15, 0.2) is 0 Å². The summed E-state index contributed by atoms with van der Waals surface area (Å²) in [5.74, 6) is 0. The molecule has 1 nitrogen and oxygen atoms in total. The molecule has 0 heterocycles. The van der Waals surface area contributed by atoms with Crippen LogP contribution in [0, 0.1) is 0 Å². The Labute approximate surface area is 40.6 Å². The number of hydrogen-bond acceptors (Lipinski definition) is 0. The van der Waals surface area contributed by atoms with Gasteiger partial charge in [0.25, 0.3) is 0 Å². The van der Waals surface area contributed by atoms with Crippen LogP contribution in [0.25, 0.3) is 0 Å². The fourth-order valence-corrected chi connectivity index (χ4v) is 0. The highest BCUT2D eigenvalue weighted by molar-refractivity contribution is 6.74. The lowest BCUT2D eigenvalue weighted by molar-refractivity contribution is 1.71. The van der Waals surface area contributed by atoms with Crippen LogP contribution in [0.5, 0.6) is 0 Å². The van der Waals surface area contributed by atoms with E-state index in [-0.39, 0.29) is 12.3 Å². The van der Waals surface area contributed by atoms with Crippen LogP contribution < -0.4 is 6.15 Å². The molecule has 4 N–H and O–H groups in total. The summed E-state index contributed by atoms with van der Waals surface area (Å²) in [5, 5.41) is 0. The lowest BCUT2D eigenvalue weighted by Crippen LogP contribution is -2.10. The fraction of sp³-hybridized carbons (Fsp3) is 1.00. The standard InChI is InChI=1S/C4H12B.H3N/c1-5(2,3)4;/h1-4H3;1H3/q-1;/p+1. The molecule has 0 aliphatic rings. The molecule has 0 aromatic carbocycles. The molecule has 0 atom stereocenters. The van der Waals surface area contributed by atoms with Crippen molar-refractivity contribution in [1.82, 2.24) is 6.15 Å². The van der Waals surface area contributed by atoms with Gasteiger partial charge in [0.15, 0.2) is 0 Å². The fourth-order valence-electron chi connectivity index (χ4n) is 0. The highest BCUT2D eigenvalue weighted by Gasteiger charge is 1.90. The van der Waals surface area contributed by atoms with Crippen LogP contribution in [-0.2, 0) is 0 Å². The van der Waals surface area contributed by atoms with E-state index in [2.05, 4.69) is 27.3 Å². The summed E-state index contributed by atoms with van der Waals surface area (Å²) in [5.41, 5.74) is 0. The molecule has 0 saturated heterocycles. The van der Waals surface area contributed by atoms with Crippen molar-refractivity contribution >= 4 is 6.15 Å². The zero-order valence-corrected chi connectivity index (χ0v) is 5.58. The quantitative estimate of drug-likeness (QED) is 0.442. The Morgan fingerprint density at radius 3 is 0.833 bits per heavy atom. The molecule has 0 unspecified atom stereocenters. The van der Waals surface area contributed by atoms with Gasteiger partial charge in [-0.25, -0.2) is 0 Å². The van der Waals surface area contributed by atoms with Crippen molar-refractivity contribution in [2.45, 2.75) is 27.3 Å². The molecule has 2 heteroatoms. The maximum absolute atomic E-state index is 2.25. The van der Waals surface area contributed by atoms with Gasteiger partial charge in [0.1, 0.15) is 0 Å². The first-order chi connectivity index (χ1) is 2.00. The Hall–Kier alpha value is 0.0249. The minimum atomic E-state index is 0. The van der Waals surface area contributed by atoms with E-state index in [9.17, 15) is 0 Å². The Bertz CT molecular complexity index is 23.0. The molecule has 0 amide bonds. The highest BCUT2D eigenvalue weighted by atomic mass is 14.0. The van der Waals surface area contributed by atoms with Crippen LogP contribution in [-0.4, -0.2) is 6.15 Å². The molecule has 6 heavy (non-hydrogen) atoms. The van der Waals surface area contributed by atoms with Crippen molar-refractivity contribution in [3.8, 4) is 0 Å². The third-order valence-corrected chi connectivity index (χ3v) is 0. The molecule has 40 valence electrons. The van der Waals surface area contributed by atoms with Crippen LogP contribution in [0.3, 0.4) is 0 Å². The highest BCUT2D eigenvalue weighted by Crippen LogP contribution is 1.94. The van der Waals surface area contributed by atoms with Gasteiger partial charge >= 0.3 is 0 Å². The van der Waals surface area contributed by atoms with E-state index in [4.69, 9.17) is 0 Å². The molecule has 0 radical (unpaired) electrons. The zero-order chi connectivity index (χ0) is 4.50. The second kappa shape index (κ2) is 2.24. The maximum Gasteiger partial charge on any atom is -0.0116 e. The Balaban J connectivity index is 0. The average molecular weight is 89.0 g/mol. The van der Waals surface area contributed by atoms with Crippen molar-refractivity contribution in [3.63, 3.8) is 0 Å². The molecule has 0 aromatic heterocycles. The molecule has 0 spiro atoms. The van der Waals surface area contributed by atoms with Crippen LogP contribution in [0.4, 0.5) is 0 Å². The molecule has 0 aromatic rings. The predicted octanol–water partition coefficient (Wildman–Crippen LogP) is 2.33. The first-order valence-electron chi connectivity index (χ1n) is 2.31. The van der Waals surface area contributed by atoms with Crippen LogP contribution >= 0.6 is 0 Å². The van der Waals surface area contributed by atoms with Gasteiger partial charge in [-0.2, -0.15) is 27.3 Å². The van der Waals surface area contributed by atoms with Crippen molar-refractivity contribution in [1.29, 1.82) is 0 Å². The second-order valence-corrected chi connectivity index (χ2v) is 3.46. The van der Waals surface area contributed by atoms with Gasteiger partial charge < -0.3 is 6.15 Å². The maximum atomic E-state index is 2.25. The van der Waals surface area contributed by atoms with Gasteiger partial charge in [0.2, 0.25) is 0 Å². The number of rotatable bonds is 0. The number of hydrogen-bond donors (Lipinski definition) is 1. The summed E-state index contributed by atoms with van der Waals surface area (Å²) < 4.78 is 0. The third-order valence-electron chi connectivity index (χ3n) is 0. The minimum absolute atomic E-state index is 0. The second-order valence-electron chi connectivity index (χ2n) is 3.46. The van der Waals surface area contributed by atoms with Gasteiger partial charge in [-0.3, -0.25) is 0 Å². The van der Waals surface area contributed by atoms with E-state index < -0.39 is 0 Å². The van der Waals surface area contributed by atoms with E-state index in [0.29, 0.717) is 0 Å². The van der Waals surface area contributed by atoms with E-state index in [1.807, 2.05) is 0 Å². The molecule has 0 bridgehead atoms. The lowest BCUT2D eigenvalue weighted by atomic mass is 9.32. The van der Waals surface area contributed by atoms with Gasteiger partial charge in [0, 0.05) is 0 Å². The monoisotopic (exact) mass is 89.1 g/mol. The van der Waals surface area contributed by atoms with Crippen molar-refractivity contribution in [2.75, 3.05) is 0 Å². The first kappa shape index (κ1) is 9.39. The van der Waals surface area contributed by atoms with Crippen LogP contribution in [0.2, 0.25) is 27.3 Å². The van der Waals surface area contributed by atoms with Gasteiger partial charge in [0.05, 0.1) is 0 Å². The lowest BCUT2D eigenvalue weighted by Gasteiger charge is -2.10. The summed E-state index contributed by atoms with van der Waals surface area (Å²) in [7, 11) is 0. The topological polar surface area (TPSA) is 36.5 Å². The first-order valence-corrected chi connectivity index (χ1v) is 2.31. The molecular formula is C4H16BN. The summed E-state index contributed by atoms with van der Waals surface area (Å²) in [6, 6.07) is 0. The molecule has 0 fully saturated rings. The Kier molecular flexibility index (Phi) is 3.51. The van der Waals surface area contributed by atoms with E-state index in [1.54, 1.807) is 0 Å². The predicted molar refractivity (Wildman–Crippen MR) is 35.2 cm³/mol. The minimum Gasteiger partial charge on any atom is -0.369 e. The Morgan fingerprint density at radius 2 is 0.833 bits per heavy atom. The van der Waals surface area contributed by atoms with Gasteiger partial charge in [-0.05, 0) is 6.15 Å². The summed E-state index contributed by atoms with van der Waals surface area (Å²) in [6.45, 7) is 9.00. The zero-order valence-electron chi connectivity index (χ0n) is 5.58. The van der Waals surface area contributed by atoms with Crippen LogP contribution in [0.1, 0.15) is 0 Å². The molecule has 0 aliphatic carbocycles. The summed E-state index contributed by atoms with van der Waals surface area (Å²) >= 11 is 0. The summed E-state index contributed by atoms with van der Waals surface area (Å²) in [6.07, 6.45) is 0. The van der Waals surface area contributed by atoms with E-state index in [1.165, 1.54) is 0 Å². The Morgan fingerprint density at radius 1 is 0.833 bits per heavy atom. The van der Waals surface area contributed by atoms with E-state index in [0.717, 1.165) is 0 Å². The summed E-state index contributed by atoms with van der Waals surface area (Å²) in [4.78, 5) is 0. The third kappa shape index (κ3) is 59200. The van der Waals surface area contributed by atoms with Crippen molar-refractivity contribution in [2.24, 2.45) is 0 Å². The van der Waals surface area contributed by atoms with E-state index >= 15 is 0 Å².